The molecule has 7 heteroatoms. The summed E-state index contributed by atoms with van der Waals surface area (Å²) < 4.78 is 2.16. The van der Waals surface area contributed by atoms with E-state index in [-0.39, 0.29) is 23.6 Å². The number of aromatic nitrogens is 1. The summed E-state index contributed by atoms with van der Waals surface area (Å²) in [5.41, 5.74) is 3.13. The number of carbonyl (C=O) groups excluding carboxylic acids is 3. The van der Waals surface area contributed by atoms with E-state index in [1.807, 2.05) is 19.9 Å². The first kappa shape index (κ1) is 18.8. The van der Waals surface area contributed by atoms with Gasteiger partial charge in [0.25, 0.3) is 11.1 Å². The second-order valence-corrected chi connectivity index (χ2v) is 7.77. The number of amides is 3. The van der Waals surface area contributed by atoms with Crippen LogP contribution in [0.15, 0.2) is 11.0 Å². The topological polar surface area (TPSA) is 62.6 Å². The fourth-order valence-corrected chi connectivity index (χ4v) is 4.45. The molecule has 0 aromatic carbocycles. The molecule has 26 heavy (non-hydrogen) atoms. The molecular weight excluding hydrogens is 350 g/mol. The molecule has 2 aliphatic heterocycles. The highest BCUT2D eigenvalue weighted by molar-refractivity contribution is 8.18. The molecule has 0 unspecified atom stereocenters. The number of carbonyl (C=O) groups is 3. The zero-order chi connectivity index (χ0) is 18.8. The predicted molar refractivity (Wildman–Crippen MR) is 103 cm³/mol. The summed E-state index contributed by atoms with van der Waals surface area (Å²) >= 11 is 0.915. The highest BCUT2D eigenvalue weighted by atomic mass is 32.2. The molecule has 0 radical (unpaired) electrons. The van der Waals surface area contributed by atoms with Crippen molar-refractivity contribution in [2.45, 2.75) is 46.6 Å². The Morgan fingerprint density at radius 3 is 2.50 bits per heavy atom. The van der Waals surface area contributed by atoms with Gasteiger partial charge in [-0.3, -0.25) is 19.3 Å². The average molecular weight is 375 g/mol. The standard InChI is InChI=1S/C19H25N3O3S/c1-4-21-13(2)10-15(14(21)3)11-16-18(24)22(19(25)26-16)12-17(23)20-8-6-5-7-9-20/h10-11H,4-9,12H2,1-3H3. The predicted octanol–water partition coefficient (Wildman–Crippen LogP) is 3.17. The molecule has 0 saturated carbocycles. The van der Waals surface area contributed by atoms with Crippen LogP contribution < -0.4 is 0 Å². The number of nitrogens with zero attached hydrogens (tertiary/aromatic N) is 3. The molecule has 3 amide bonds. The Bertz CT molecular complexity index is 775. The van der Waals surface area contributed by atoms with E-state index >= 15 is 0 Å². The summed E-state index contributed by atoms with van der Waals surface area (Å²) in [4.78, 5) is 40.5. The Balaban J connectivity index is 1.75. The van der Waals surface area contributed by atoms with E-state index in [0.29, 0.717) is 18.0 Å². The van der Waals surface area contributed by atoms with E-state index in [0.717, 1.165) is 59.4 Å². The minimum Gasteiger partial charge on any atom is -0.349 e. The van der Waals surface area contributed by atoms with Gasteiger partial charge < -0.3 is 9.47 Å². The SMILES string of the molecule is CCn1c(C)cc(C=C2SC(=O)N(CC(=O)N3CCCCC3)C2=O)c1C. The molecule has 0 aliphatic carbocycles. The Labute approximate surface area is 158 Å². The van der Waals surface area contributed by atoms with Crippen LogP contribution >= 0.6 is 11.8 Å². The van der Waals surface area contributed by atoms with E-state index in [4.69, 9.17) is 0 Å². The Kier molecular flexibility index (Phi) is 5.55. The monoisotopic (exact) mass is 375 g/mol. The van der Waals surface area contributed by atoms with Gasteiger partial charge in [0, 0.05) is 31.0 Å². The summed E-state index contributed by atoms with van der Waals surface area (Å²) in [7, 11) is 0. The lowest BCUT2D eigenvalue weighted by Crippen LogP contribution is -2.44. The maximum atomic E-state index is 12.6. The van der Waals surface area contributed by atoms with E-state index in [9.17, 15) is 14.4 Å². The first-order chi connectivity index (χ1) is 12.4. The van der Waals surface area contributed by atoms with Crippen molar-refractivity contribution in [3.63, 3.8) is 0 Å². The van der Waals surface area contributed by atoms with Crippen molar-refractivity contribution >= 4 is 34.9 Å². The van der Waals surface area contributed by atoms with E-state index < -0.39 is 0 Å². The van der Waals surface area contributed by atoms with Crippen LogP contribution in [-0.4, -0.2) is 51.1 Å². The summed E-state index contributed by atoms with van der Waals surface area (Å²) in [5, 5.41) is -0.365. The van der Waals surface area contributed by atoms with E-state index in [2.05, 4.69) is 11.5 Å². The van der Waals surface area contributed by atoms with Crippen molar-refractivity contribution in [2.75, 3.05) is 19.6 Å². The third-order valence-electron chi connectivity index (χ3n) is 5.09. The highest BCUT2D eigenvalue weighted by Gasteiger charge is 2.37. The number of aryl methyl sites for hydroxylation is 1. The number of imide groups is 1. The molecule has 0 atom stereocenters. The van der Waals surface area contributed by atoms with Gasteiger partial charge >= 0.3 is 0 Å². The van der Waals surface area contributed by atoms with Crippen molar-refractivity contribution < 1.29 is 14.4 Å². The van der Waals surface area contributed by atoms with Crippen molar-refractivity contribution in [1.82, 2.24) is 14.4 Å². The zero-order valence-electron chi connectivity index (χ0n) is 15.6. The Morgan fingerprint density at radius 2 is 1.88 bits per heavy atom. The van der Waals surface area contributed by atoms with Crippen LogP contribution in [0.3, 0.4) is 0 Å². The maximum Gasteiger partial charge on any atom is 0.294 e. The van der Waals surface area contributed by atoms with Gasteiger partial charge in [-0.1, -0.05) is 0 Å². The number of hydrogen-bond donors (Lipinski definition) is 0. The molecule has 2 saturated heterocycles. The van der Waals surface area contributed by atoms with Gasteiger partial charge in [-0.25, -0.2) is 0 Å². The fourth-order valence-electron chi connectivity index (χ4n) is 3.62. The number of thioether (sulfide) groups is 1. The van der Waals surface area contributed by atoms with Crippen LogP contribution in [0.4, 0.5) is 4.79 Å². The minimum atomic E-state index is -0.369. The van der Waals surface area contributed by atoms with Crippen molar-refractivity contribution in [1.29, 1.82) is 0 Å². The summed E-state index contributed by atoms with van der Waals surface area (Å²) in [6, 6.07) is 2.02. The van der Waals surface area contributed by atoms with E-state index in [1.165, 1.54) is 0 Å². The van der Waals surface area contributed by atoms with Crippen LogP contribution in [0.25, 0.3) is 6.08 Å². The van der Waals surface area contributed by atoms with E-state index in [1.54, 1.807) is 11.0 Å². The summed E-state index contributed by atoms with van der Waals surface area (Å²) in [6.45, 7) is 8.24. The average Bonchev–Trinajstić information content (AvgIpc) is 3.05. The van der Waals surface area contributed by atoms with Gasteiger partial charge in [0.2, 0.25) is 5.91 Å². The molecular formula is C19H25N3O3S. The summed E-state index contributed by atoms with van der Waals surface area (Å²) in [6.07, 6.45) is 4.87. The molecule has 1 aromatic heterocycles. The van der Waals surface area contributed by atoms with Crippen LogP contribution in [-0.2, 0) is 16.1 Å². The van der Waals surface area contributed by atoms with Gasteiger partial charge in [-0.15, -0.1) is 0 Å². The molecule has 2 aliphatic rings. The van der Waals surface area contributed by atoms with Gasteiger partial charge in [-0.05, 0) is 69.5 Å². The largest absolute Gasteiger partial charge is 0.349 e. The molecule has 140 valence electrons. The van der Waals surface area contributed by atoms with Crippen LogP contribution in [0.1, 0.15) is 43.1 Å². The Morgan fingerprint density at radius 1 is 1.19 bits per heavy atom. The lowest BCUT2D eigenvalue weighted by atomic mass is 10.1. The third-order valence-corrected chi connectivity index (χ3v) is 6.00. The second kappa shape index (κ2) is 7.70. The zero-order valence-corrected chi connectivity index (χ0v) is 16.4. The van der Waals surface area contributed by atoms with Crippen molar-refractivity contribution in [2.24, 2.45) is 0 Å². The second-order valence-electron chi connectivity index (χ2n) is 6.78. The van der Waals surface area contributed by atoms with Crippen molar-refractivity contribution in [3.8, 4) is 0 Å². The normalized spacial score (nSPS) is 19.7. The Hall–Kier alpha value is -2.02. The lowest BCUT2D eigenvalue weighted by molar-refractivity contribution is -0.136. The van der Waals surface area contributed by atoms with Gasteiger partial charge in [-0.2, -0.15) is 0 Å². The van der Waals surface area contributed by atoms with Crippen molar-refractivity contribution in [3.05, 3.63) is 27.9 Å². The molecule has 0 spiro atoms. The number of likely N-dealkylation sites (tertiary alicyclic amines) is 1. The maximum absolute atomic E-state index is 12.6. The first-order valence-corrected chi connectivity index (χ1v) is 9.94. The summed E-state index contributed by atoms with van der Waals surface area (Å²) in [5.74, 6) is -0.510. The number of rotatable bonds is 4. The van der Waals surface area contributed by atoms with Crippen LogP contribution in [0.2, 0.25) is 0 Å². The lowest BCUT2D eigenvalue weighted by Gasteiger charge is -2.27. The quantitative estimate of drug-likeness (QED) is 0.759. The number of piperidine rings is 1. The van der Waals surface area contributed by atoms with Gasteiger partial charge in [0.15, 0.2) is 0 Å². The van der Waals surface area contributed by atoms with Gasteiger partial charge in [0.1, 0.15) is 6.54 Å². The fraction of sp³-hybridized carbons (Fsp3) is 0.526. The minimum absolute atomic E-state index is 0.141. The van der Waals surface area contributed by atoms with Crippen LogP contribution in [0.5, 0.6) is 0 Å². The molecule has 1 aromatic rings. The molecule has 0 N–H and O–H groups in total. The smallest absolute Gasteiger partial charge is 0.294 e. The first-order valence-electron chi connectivity index (χ1n) is 9.12. The highest BCUT2D eigenvalue weighted by Crippen LogP contribution is 2.33. The van der Waals surface area contributed by atoms with Crippen LogP contribution in [0, 0.1) is 13.8 Å². The third kappa shape index (κ3) is 3.58. The molecule has 3 rings (SSSR count). The molecule has 0 bridgehead atoms. The molecule has 6 nitrogen and oxygen atoms in total. The number of hydrogen-bond acceptors (Lipinski definition) is 4. The molecule has 2 fully saturated rings. The molecule has 3 heterocycles. The van der Waals surface area contributed by atoms with Gasteiger partial charge in [0.05, 0.1) is 4.91 Å².